The summed E-state index contributed by atoms with van der Waals surface area (Å²) in [6, 6.07) is 18.8. The summed E-state index contributed by atoms with van der Waals surface area (Å²) >= 11 is 5.43. The van der Waals surface area contributed by atoms with Crippen LogP contribution in [0, 0.1) is 0 Å². The largest absolute Gasteiger partial charge is 0.494 e. The number of likely N-dealkylation sites (N-methyl/N-ethyl adjacent to an activating group) is 1. The molecule has 0 aliphatic carbocycles. The first-order valence-corrected chi connectivity index (χ1v) is 9.11. The molecule has 2 aromatic carbocycles. The molecule has 2 rings (SSSR count). The average molecular weight is 359 g/mol. The minimum Gasteiger partial charge on any atom is -0.494 e. The average Bonchev–Trinajstić information content (AvgIpc) is 2.61. The van der Waals surface area contributed by atoms with Crippen LogP contribution in [0.5, 0.6) is 5.75 Å². The van der Waals surface area contributed by atoms with Gasteiger partial charge in [-0.05, 0) is 49.0 Å². The van der Waals surface area contributed by atoms with E-state index in [1.54, 1.807) is 0 Å². The zero-order chi connectivity index (χ0) is 18.1. The van der Waals surface area contributed by atoms with Gasteiger partial charge >= 0.3 is 0 Å². The molecule has 0 unspecified atom stereocenters. The summed E-state index contributed by atoms with van der Waals surface area (Å²) in [6.07, 6.45) is 1.02. The van der Waals surface area contributed by atoms with E-state index >= 15 is 0 Å². The molecule has 0 radical (unpaired) electrons. The van der Waals surface area contributed by atoms with Gasteiger partial charge in [0.1, 0.15) is 11.8 Å². The van der Waals surface area contributed by atoms with Crippen LogP contribution in [0.3, 0.4) is 0 Å². The van der Waals surface area contributed by atoms with E-state index < -0.39 is 0 Å². The molecule has 0 aliphatic rings. The van der Waals surface area contributed by atoms with Gasteiger partial charge in [0.15, 0.2) is 5.11 Å². The maximum absolute atomic E-state index is 5.45. The van der Waals surface area contributed by atoms with Crippen molar-refractivity contribution in [1.82, 2.24) is 5.32 Å². The van der Waals surface area contributed by atoms with Crippen LogP contribution in [0.2, 0.25) is 0 Å². The standard InChI is InChI=1S/C20H27N3OS/c1-4-24-19-12-10-17(11-13-19)22-20(25)21-15-18(23(2)3)14-16-8-6-5-7-9-16/h5-13,18H,4,14-15H2,1-3H3,(H2,21,22,25)/p+1/t18-/m1/s1. The Hall–Kier alpha value is -2.11. The third kappa shape index (κ3) is 6.72. The zero-order valence-corrected chi connectivity index (χ0v) is 16.0. The van der Waals surface area contributed by atoms with Gasteiger partial charge in [0.25, 0.3) is 0 Å². The summed E-state index contributed by atoms with van der Waals surface area (Å²) in [5.74, 6) is 0.867. The first-order chi connectivity index (χ1) is 12.1. The molecular formula is C20H28N3OS+. The molecule has 0 aliphatic heterocycles. The number of thiocarbonyl (C=S) groups is 1. The molecule has 0 amide bonds. The first kappa shape index (κ1) is 19.2. The predicted molar refractivity (Wildman–Crippen MR) is 109 cm³/mol. The van der Waals surface area contributed by atoms with Crippen LogP contribution in [-0.2, 0) is 6.42 Å². The van der Waals surface area contributed by atoms with E-state index in [4.69, 9.17) is 17.0 Å². The lowest BCUT2D eigenvalue weighted by Gasteiger charge is -2.23. The van der Waals surface area contributed by atoms with Crippen molar-refractivity contribution in [1.29, 1.82) is 0 Å². The maximum Gasteiger partial charge on any atom is 0.170 e. The SMILES string of the molecule is CCOc1ccc(NC(=S)NC[C@@H](Cc2ccccc2)[NH+](C)C)cc1. The Kier molecular flexibility index (Phi) is 7.70. The van der Waals surface area contributed by atoms with Crippen molar-refractivity contribution in [2.75, 3.05) is 32.6 Å². The van der Waals surface area contributed by atoms with Crippen molar-refractivity contribution in [2.45, 2.75) is 19.4 Å². The summed E-state index contributed by atoms with van der Waals surface area (Å²) in [4.78, 5) is 1.40. The second kappa shape index (κ2) is 10.0. The van der Waals surface area contributed by atoms with Gasteiger partial charge in [-0.3, -0.25) is 0 Å². The second-order valence-corrected chi connectivity index (χ2v) is 6.66. The second-order valence-electron chi connectivity index (χ2n) is 6.26. The molecule has 0 aromatic heterocycles. The highest BCUT2D eigenvalue weighted by Gasteiger charge is 2.16. The Labute approximate surface area is 156 Å². The van der Waals surface area contributed by atoms with Gasteiger partial charge in [-0.25, -0.2) is 0 Å². The number of quaternary nitrogens is 1. The smallest absolute Gasteiger partial charge is 0.170 e. The summed E-state index contributed by atoms with van der Waals surface area (Å²) in [5, 5.41) is 7.21. The van der Waals surface area contributed by atoms with Crippen molar-refractivity contribution in [3.8, 4) is 5.75 Å². The molecule has 134 valence electrons. The van der Waals surface area contributed by atoms with E-state index in [0.717, 1.165) is 24.4 Å². The van der Waals surface area contributed by atoms with Crippen molar-refractivity contribution < 1.29 is 9.64 Å². The Balaban J connectivity index is 1.84. The number of ether oxygens (including phenoxy) is 1. The Bertz CT molecular complexity index is 644. The number of rotatable bonds is 8. The number of hydrogen-bond donors (Lipinski definition) is 3. The van der Waals surface area contributed by atoms with Crippen LogP contribution >= 0.6 is 12.2 Å². The molecule has 25 heavy (non-hydrogen) atoms. The van der Waals surface area contributed by atoms with Crippen molar-refractivity contribution in [3.05, 3.63) is 60.2 Å². The van der Waals surface area contributed by atoms with Crippen LogP contribution in [0.25, 0.3) is 0 Å². The summed E-state index contributed by atoms with van der Waals surface area (Å²) in [5.41, 5.74) is 2.30. The lowest BCUT2D eigenvalue weighted by molar-refractivity contribution is -0.884. The number of benzene rings is 2. The monoisotopic (exact) mass is 358 g/mol. The molecule has 1 atom stereocenters. The van der Waals surface area contributed by atoms with Gasteiger partial charge in [-0.2, -0.15) is 0 Å². The molecule has 0 fully saturated rings. The molecule has 5 heteroatoms. The fourth-order valence-electron chi connectivity index (χ4n) is 2.57. The molecule has 4 nitrogen and oxygen atoms in total. The van der Waals surface area contributed by atoms with E-state index in [1.807, 2.05) is 31.2 Å². The predicted octanol–water partition coefficient (Wildman–Crippen LogP) is 2.13. The van der Waals surface area contributed by atoms with Gasteiger partial charge in [-0.1, -0.05) is 30.3 Å². The Morgan fingerprint density at radius 2 is 1.76 bits per heavy atom. The van der Waals surface area contributed by atoms with E-state index in [-0.39, 0.29) is 0 Å². The fourth-order valence-corrected chi connectivity index (χ4v) is 2.77. The molecule has 0 heterocycles. The van der Waals surface area contributed by atoms with E-state index in [9.17, 15) is 0 Å². The minimum atomic E-state index is 0.447. The fraction of sp³-hybridized carbons (Fsp3) is 0.350. The summed E-state index contributed by atoms with van der Waals surface area (Å²) < 4.78 is 5.45. The van der Waals surface area contributed by atoms with Gasteiger partial charge < -0.3 is 20.3 Å². The summed E-state index contributed by atoms with van der Waals surface area (Å²) in [6.45, 7) is 3.46. The van der Waals surface area contributed by atoms with E-state index in [2.05, 4.69) is 55.1 Å². The molecular weight excluding hydrogens is 330 g/mol. The number of nitrogens with one attached hydrogen (secondary N) is 3. The van der Waals surface area contributed by atoms with E-state index in [1.165, 1.54) is 10.5 Å². The highest BCUT2D eigenvalue weighted by atomic mass is 32.1. The minimum absolute atomic E-state index is 0.447. The lowest BCUT2D eigenvalue weighted by Crippen LogP contribution is -3.11. The van der Waals surface area contributed by atoms with Crippen molar-refractivity contribution in [3.63, 3.8) is 0 Å². The van der Waals surface area contributed by atoms with Crippen LogP contribution in [0.4, 0.5) is 5.69 Å². The lowest BCUT2D eigenvalue weighted by atomic mass is 10.1. The highest BCUT2D eigenvalue weighted by molar-refractivity contribution is 7.80. The van der Waals surface area contributed by atoms with Gasteiger partial charge in [0.05, 0.1) is 27.2 Å². The zero-order valence-electron chi connectivity index (χ0n) is 15.2. The van der Waals surface area contributed by atoms with Crippen molar-refractivity contribution in [2.24, 2.45) is 0 Å². The molecule has 0 spiro atoms. The quantitative estimate of drug-likeness (QED) is 0.632. The summed E-state index contributed by atoms with van der Waals surface area (Å²) in [7, 11) is 4.36. The van der Waals surface area contributed by atoms with Crippen LogP contribution in [-0.4, -0.2) is 38.4 Å². The van der Waals surface area contributed by atoms with Crippen LogP contribution < -0.4 is 20.3 Å². The third-order valence-corrected chi connectivity index (χ3v) is 4.32. The normalized spacial score (nSPS) is 11.8. The van der Waals surface area contributed by atoms with Gasteiger partial charge in [-0.15, -0.1) is 0 Å². The third-order valence-electron chi connectivity index (χ3n) is 4.07. The topological polar surface area (TPSA) is 37.7 Å². The molecule has 3 N–H and O–H groups in total. The highest BCUT2D eigenvalue weighted by Crippen LogP contribution is 2.15. The number of hydrogen-bond acceptors (Lipinski definition) is 2. The molecule has 0 saturated heterocycles. The molecule has 0 saturated carbocycles. The Morgan fingerprint density at radius 1 is 1.08 bits per heavy atom. The molecule has 0 bridgehead atoms. The first-order valence-electron chi connectivity index (χ1n) is 8.70. The Morgan fingerprint density at radius 3 is 2.36 bits per heavy atom. The molecule has 2 aromatic rings. The van der Waals surface area contributed by atoms with Crippen molar-refractivity contribution >= 4 is 23.0 Å². The van der Waals surface area contributed by atoms with Crippen LogP contribution in [0.15, 0.2) is 54.6 Å². The number of anilines is 1. The van der Waals surface area contributed by atoms with E-state index in [0.29, 0.717) is 17.8 Å². The van der Waals surface area contributed by atoms with Crippen LogP contribution in [0.1, 0.15) is 12.5 Å². The maximum atomic E-state index is 5.45. The van der Waals surface area contributed by atoms with Gasteiger partial charge in [0.2, 0.25) is 0 Å². The van der Waals surface area contributed by atoms with Gasteiger partial charge in [0, 0.05) is 12.1 Å².